The average Bonchev–Trinajstić information content (AvgIpc) is 2.64. The van der Waals surface area contributed by atoms with Gasteiger partial charge in [-0.15, -0.1) is 11.6 Å². The number of nitrogens with one attached hydrogen (secondary N) is 1. The molecule has 5 heteroatoms. The van der Waals surface area contributed by atoms with Crippen molar-refractivity contribution in [2.24, 2.45) is 5.92 Å². The molecule has 1 rings (SSSR count). The number of aryl methyl sites for hydroxylation is 1. The Kier molecular flexibility index (Phi) is 4.62. The van der Waals surface area contributed by atoms with E-state index in [1.807, 2.05) is 0 Å². The number of nitrogens with zero attached hydrogens (tertiary/aromatic N) is 2. The molecule has 0 aliphatic rings. The molecule has 0 amide bonds. The van der Waals surface area contributed by atoms with Gasteiger partial charge in [0.05, 0.1) is 0 Å². The lowest BCUT2D eigenvalue weighted by Gasteiger charge is -2.17. The highest BCUT2D eigenvalue weighted by molar-refractivity contribution is 7.09. The van der Waals surface area contributed by atoms with Gasteiger partial charge in [0, 0.05) is 29.9 Å². The minimum atomic E-state index is 0.338. The number of alkyl halides is 1. The Balaban J connectivity index is 2.51. The normalized spacial score (nSPS) is 15.1. The first-order valence-electron chi connectivity index (χ1n) is 4.82. The molecule has 3 nitrogen and oxygen atoms in total. The van der Waals surface area contributed by atoms with Crippen LogP contribution in [0.3, 0.4) is 0 Å². The first kappa shape index (κ1) is 11.7. The van der Waals surface area contributed by atoms with Crippen LogP contribution in [0.15, 0.2) is 0 Å². The van der Waals surface area contributed by atoms with Crippen molar-refractivity contribution in [3.63, 3.8) is 0 Å². The maximum absolute atomic E-state index is 5.77. The minimum absolute atomic E-state index is 0.338. The Morgan fingerprint density at radius 3 is 2.71 bits per heavy atom. The van der Waals surface area contributed by atoms with E-state index < -0.39 is 0 Å². The zero-order valence-electron chi connectivity index (χ0n) is 8.75. The molecular formula is C9H16ClN3S. The third-order valence-corrected chi connectivity index (χ3v) is 3.40. The van der Waals surface area contributed by atoms with Gasteiger partial charge in [0.15, 0.2) is 0 Å². The molecule has 0 saturated carbocycles. The van der Waals surface area contributed by atoms with Crippen LogP contribution in [0.2, 0.25) is 0 Å². The van der Waals surface area contributed by atoms with E-state index in [4.69, 9.17) is 11.6 Å². The van der Waals surface area contributed by atoms with Crippen LogP contribution in [0, 0.1) is 5.92 Å². The van der Waals surface area contributed by atoms with Crippen molar-refractivity contribution in [3.05, 3.63) is 5.82 Å². The highest BCUT2D eigenvalue weighted by Crippen LogP contribution is 2.16. The highest BCUT2D eigenvalue weighted by Gasteiger charge is 2.12. The Labute approximate surface area is 94.1 Å². The summed E-state index contributed by atoms with van der Waals surface area (Å²) in [6.07, 6.45) is 0.887. The molecule has 1 aromatic rings. The second-order valence-corrected chi connectivity index (χ2v) is 4.49. The molecule has 0 aliphatic heterocycles. The lowest BCUT2D eigenvalue weighted by Crippen LogP contribution is -2.24. The molecule has 0 saturated heterocycles. The first-order valence-corrected chi connectivity index (χ1v) is 6.13. The maximum atomic E-state index is 5.77. The minimum Gasteiger partial charge on any atom is -0.358 e. The number of hydrogen-bond acceptors (Lipinski definition) is 4. The standard InChI is InChI=1S/C9H16ClN3S/c1-4-8-12-9(14-13-8)11-7(3)6(2)5-10/h6-7H,4-5H2,1-3H3,(H,11,12,13). The van der Waals surface area contributed by atoms with Crippen LogP contribution in [0.4, 0.5) is 5.13 Å². The lowest BCUT2D eigenvalue weighted by atomic mass is 10.1. The number of rotatable bonds is 5. The second kappa shape index (κ2) is 5.51. The van der Waals surface area contributed by atoms with Crippen LogP contribution in [-0.2, 0) is 6.42 Å². The van der Waals surface area contributed by atoms with E-state index in [0.717, 1.165) is 17.4 Å². The fourth-order valence-electron chi connectivity index (χ4n) is 0.927. The Morgan fingerprint density at radius 2 is 2.21 bits per heavy atom. The molecule has 0 radical (unpaired) electrons. The van der Waals surface area contributed by atoms with E-state index >= 15 is 0 Å². The largest absolute Gasteiger partial charge is 0.358 e. The second-order valence-electron chi connectivity index (χ2n) is 3.43. The zero-order valence-corrected chi connectivity index (χ0v) is 10.3. The van der Waals surface area contributed by atoms with Crippen LogP contribution >= 0.6 is 23.1 Å². The predicted molar refractivity (Wildman–Crippen MR) is 62.3 cm³/mol. The van der Waals surface area contributed by atoms with Gasteiger partial charge in [-0.1, -0.05) is 13.8 Å². The molecule has 1 heterocycles. The predicted octanol–water partition coefficient (Wildman–Crippen LogP) is 2.78. The molecule has 1 aromatic heterocycles. The summed E-state index contributed by atoms with van der Waals surface area (Å²) in [6, 6.07) is 0.338. The number of anilines is 1. The van der Waals surface area contributed by atoms with Crippen LogP contribution in [0.5, 0.6) is 0 Å². The summed E-state index contributed by atoms with van der Waals surface area (Å²) in [5.74, 6) is 2.00. The summed E-state index contributed by atoms with van der Waals surface area (Å²) < 4.78 is 4.21. The smallest absolute Gasteiger partial charge is 0.202 e. The van der Waals surface area contributed by atoms with Crippen LogP contribution in [-0.4, -0.2) is 21.3 Å². The van der Waals surface area contributed by atoms with Crippen LogP contribution in [0.1, 0.15) is 26.6 Å². The van der Waals surface area contributed by atoms with Gasteiger partial charge in [-0.25, -0.2) is 4.98 Å². The summed E-state index contributed by atoms with van der Waals surface area (Å²) in [5.41, 5.74) is 0. The Hall–Kier alpha value is -0.350. The van der Waals surface area contributed by atoms with Crippen molar-refractivity contribution < 1.29 is 0 Å². The highest BCUT2D eigenvalue weighted by atomic mass is 35.5. The van der Waals surface area contributed by atoms with Crippen molar-refractivity contribution in [2.75, 3.05) is 11.2 Å². The van der Waals surface area contributed by atoms with Gasteiger partial charge >= 0.3 is 0 Å². The third kappa shape index (κ3) is 3.10. The van der Waals surface area contributed by atoms with Crippen molar-refractivity contribution in [2.45, 2.75) is 33.2 Å². The molecule has 2 atom stereocenters. The maximum Gasteiger partial charge on any atom is 0.202 e. The third-order valence-electron chi connectivity index (χ3n) is 2.23. The molecule has 0 fully saturated rings. The van der Waals surface area contributed by atoms with Crippen molar-refractivity contribution in [3.8, 4) is 0 Å². The summed E-state index contributed by atoms with van der Waals surface area (Å²) in [7, 11) is 0. The van der Waals surface area contributed by atoms with Gasteiger partial charge in [0.1, 0.15) is 5.82 Å². The van der Waals surface area contributed by atoms with E-state index in [1.165, 1.54) is 11.5 Å². The van der Waals surface area contributed by atoms with E-state index in [2.05, 4.69) is 35.4 Å². The van der Waals surface area contributed by atoms with Gasteiger partial charge < -0.3 is 5.32 Å². The molecule has 80 valence electrons. The van der Waals surface area contributed by atoms with E-state index in [0.29, 0.717) is 17.8 Å². The number of aromatic nitrogens is 2. The summed E-state index contributed by atoms with van der Waals surface area (Å²) in [6.45, 7) is 6.28. The van der Waals surface area contributed by atoms with Crippen molar-refractivity contribution in [1.82, 2.24) is 9.36 Å². The molecule has 0 aromatic carbocycles. The van der Waals surface area contributed by atoms with Gasteiger partial charge in [0.25, 0.3) is 0 Å². The van der Waals surface area contributed by atoms with Crippen LogP contribution < -0.4 is 5.32 Å². The van der Waals surface area contributed by atoms with Crippen molar-refractivity contribution in [1.29, 1.82) is 0 Å². The Bertz CT molecular complexity index is 277. The quantitative estimate of drug-likeness (QED) is 0.795. The van der Waals surface area contributed by atoms with Gasteiger partial charge in [-0.3, -0.25) is 0 Å². The van der Waals surface area contributed by atoms with E-state index in [9.17, 15) is 0 Å². The average molecular weight is 234 g/mol. The van der Waals surface area contributed by atoms with Gasteiger partial charge in [-0.05, 0) is 12.8 Å². The summed E-state index contributed by atoms with van der Waals surface area (Å²) >= 11 is 7.19. The molecular weight excluding hydrogens is 218 g/mol. The van der Waals surface area contributed by atoms with E-state index in [-0.39, 0.29) is 0 Å². The molecule has 0 aliphatic carbocycles. The fourth-order valence-corrected chi connectivity index (χ4v) is 1.94. The molecule has 14 heavy (non-hydrogen) atoms. The number of hydrogen-bond donors (Lipinski definition) is 1. The molecule has 1 N–H and O–H groups in total. The summed E-state index contributed by atoms with van der Waals surface area (Å²) in [4.78, 5) is 4.34. The first-order chi connectivity index (χ1) is 6.67. The SMILES string of the molecule is CCc1nsc(NC(C)C(C)CCl)n1. The Morgan fingerprint density at radius 1 is 1.50 bits per heavy atom. The van der Waals surface area contributed by atoms with Crippen LogP contribution in [0.25, 0.3) is 0 Å². The molecule has 0 spiro atoms. The number of halogens is 1. The van der Waals surface area contributed by atoms with Gasteiger partial charge in [0.2, 0.25) is 5.13 Å². The van der Waals surface area contributed by atoms with E-state index in [1.54, 1.807) is 0 Å². The molecule has 0 bridgehead atoms. The molecule has 2 unspecified atom stereocenters. The van der Waals surface area contributed by atoms with Crippen molar-refractivity contribution >= 4 is 28.3 Å². The van der Waals surface area contributed by atoms with Gasteiger partial charge in [-0.2, -0.15) is 4.37 Å². The topological polar surface area (TPSA) is 37.8 Å². The fraction of sp³-hybridized carbons (Fsp3) is 0.778. The lowest BCUT2D eigenvalue weighted by molar-refractivity contribution is 0.565. The summed E-state index contributed by atoms with van der Waals surface area (Å²) in [5, 5.41) is 4.20. The zero-order chi connectivity index (χ0) is 10.6. The monoisotopic (exact) mass is 233 g/mol.